The van der Waals surface area contributed by atoms with Gasteiger partial charge in [0.25, 0.3) is 0 Å². The Morgan fingerprint density at radius 1 is 0.737 bits per heavy atom. The zero-order valence-electron chi connectivity index (χ0n) is 11.3. The summed E-state index contributed by atoms with van der Waals surface area (Å²) in [5.74, 6) is 0. The van der Waals surface area contributed by atoms with Crippen LogP contribution in [0.2, 0.25) is 13.1 Å². The summed E-state index contributed by atoms with van der Waals surface area (Å²) in [6.07, 6.45) is 0. The van der Waals surface area contributed by atoms with Gasteiger partial charge in [-0.3, -0.25) is 0 Å². The lowest BCUT2D eigenvalue weighted by Gasteiger charge is -2.22. The van der Waals surface area contributed by atoms with Crippen molar-refractivity contribution in [3.05, 3.63) is 59.7 Å². The van der Waals surface area contributed by atoms with E-state index in [1.807, 2.05) is 0 Å². The maximum atomic E-state index is 6.02. The van der Waals surface area contributed by atoms with Crippen molar-refractivity contribution in [2.45, 2.75) is 26.3 Å². The Bertz CT molecular complexity index is 541. The predicted octanol–water partition coefficient (Wildman–Crippen LogP) is 4.10. The first-order valence-electron chi connectivity index (χ1n) is 6.60. The molecule has 0 atom stereocenters. The molecule has 1 heterocycles. The lowest BCUT2D eigenvalue weighted by molar-refractivity contribution is 0.166. The Labute approximate surface area is 115 Å². The van der Waals surface area contributed by atoms with E-state index in [0.717, 1.165) is 0 Å². The van der Waals surface area contributed by atoms with Crippen LogP contribution in [0.15, 0.2) is 48.5 Å². The van der Waals surface area contributed by atoms with Crippen molar-refractivity contribution in [2.75, 3.05) is 0 Å². The van der Waals surface area contributed by atoms with Crippen LogP contribution in [0.25, 0.3) is 11.1 Å². The van der Waals surface area contributed by atoms with E-state index in [1.165, 1.54) is 22.3 Å². The molecular formula is C16H18O2Si. The standard InChI is InChI=1S/C16H18O2Si/c1-19(2)17-11-13-7-3-5-9-15(13)16-10-6-4-8-14(16)12-18-19/h3-10H,11-12H2,1-2H3. The SMILES string of the molecule is C[Si]1(C)OCc2ccccc2-c2ccccc2CO1. The van der Waals surface area contributed by atoms with Gasteiger partial charge < -0.3 is 8.85 Å². The first-order valence-corrected chi connectivity index (χ1v) is 9.41. The van der Waals surface area contributed by atoms with Gasteiger partial charge >= 0.3 is 8.56 Å². The summed E-state index contributed by atoms with van der Waals surface area (Å²) in [5, 5.41) is 0. The van der Waals surface area contributed by atoms with Crippen molar-refractivity contribution < 1.29 is 8.85 Å². The predicted molar refractivity (Wildman–Crippen MR) is 78.9 cm³/mol. The summed E-state index contributed by atoms with van der Waals surface area (Å²) in [5.41, 5.74) is 4.99. The van der Waals surface area contributed by atoms with Crippen LogP contribution in [-0.4, -0.2) is 8.56 Å². The molecule has 0 aliphatic carbocycles. The second kappa shape index (κ2) is 4.93. The third kappa shape index (κ3) is 2.63. The van der Waals surface area contributed by atoms with E-state index in [1.54, 1.807) is 0 Å². The number of hydrogen-bond acceptors (Lipinski definition) is 2. The second-order valence-corrected chi connectivity index (χ2v) is 8.67. The molecule has 2 aromatic carbocycles. The molecular weight excluding hydrogens is 252 g/mol. The van der Waals surface area contributed by atoms with Gasteiger partial charge in [-0.1, -0.05) is 48.5 Å². The zero-order chi connectivity index (χ0) is 13.3. The lowest BCUT2D eigenvalue weighted by atomic mass is 9.96. The van der Waals surface area contributed by atoms with E-state index in [0.29, 0.717) is 13.2 Å². The van der Waals surface area contributed by atoms with Gasteiger partial charge in [-0.05, 0) is 35.3 Å². The monoisotopic (exact) mass is 270 g/mol. The van der Waals surface area contributed by atoms with Gasteiger partial charge in [-0.2, -0.15) is 0 Å². The molecule has 0 aromatic heterocycles. The van der Waals surface area contributed by atoms with Crippen molar-refractivity contribution >= 4 is 8.56 Å². The minimum Gasteiger partial charge on any atom is -0.390 e. The van der Waals surface area contributed by atoms with E-state index >= 15 is 0 Å². The number of fused-ring (bicyclic) bond motifs is 3. The molecule has 0 fully saturated rings. The van der Waals surface area contributed by atoms with Gasteiger partial charge in [0.1, 0.15) is 0 Å². The molecule has 0 saturated heterocycles. The molecule has 0 N–H and O–H groups in total. The van der Waals surface area contributed by atoms with Gasteiger partial charge in [-0.25, -0.2) is 0 Å². The highest BCUT2D eigenvalue weighted by Gasteiger charge is 2.27. The molecule has 0 saturated carbocycles. The third-order valence-corrected chi connectivity index (χ3v) is 5.15. The normalized spacial score (nSPS) is 17.6. The van der Waals surface area contributed by atoms with Crippen molar-refractivity contribution in [3.8, 4) is 11.1 Å². The summed E-state index contributed by atoms with van der Waals surface area (Å²) < 4.78 is 12.0. The maximum absolute atomic E-state index is 6.02. The molecule has 98 valence electrons. The largest absolute Gasteiger partial charge is 0.390 e. The summed E-state index contributed by atoms with van der Waals surface area (Å²) in [6.45, 7) is 5.46. The van der Waals surface area contributed by atoms with Crippen LogP contribution in [0.4, 0.5) is 0 Å². The average molecular weight is 270 g/mol. The van der Waals surface area contributed by atoms with Gasteiger partial charge in [0.2, 0.25) is 0 Å². The summed E-state index contributed by atoms with van der Waals surface area (Å²) in [6, 6.07) is 16.9. The van der Waals surface area contributed by atoms with Crippen LogP contribution >= 0.6 is 0 Å². The molecule has 19 heavy (non-hydrogen) atoms. The van der Waals surface area contributed by atoms with Gasteiger partial charge in [0.15, 0.2) is 0 Å². The van der Waals surface area contributed by atoms with Crippen LogP contribution in [0, 0.1) is 0 Å². The molecule has 1 aliphatic heterocycles. The highest BCUT2D eigenvalue weighted by atomic mass is 28.4. The Kier molecular flexibility index (Phi) is 3.27. The fourth-order valence-electron chi connectivity index (χ4n) is 2.36. The van der Waals surface area contributed by atoms with Crippen molar-refractivity contribution in [3.63, 3.8) is 0 Å². The van der Waals surface area contributed by atoms with Gasteiger partial charge in [0.05, 0.1) is 13.2 Å². The minimum atomic E-state index is -2.04. The fourth-order valence-corrected chi connectivity index (χ4v) is 3.45. The minimum absolute atomic E-state index is 0.629. The molecule has 0 radical (unpaired) electrons. The molecule has 0 bridgehead atoms. The first kappa shape index (κ1) is 12.6. The summed E-state index contributed by atoms with van der Waals surface area (Å²) in [4.78, 5) is 0. The lowest BCUT2D eigenvalue weighted by Crippen LogP contribution is -2.34. The smallest absolute Gasteiger partial charge is 0.332 e. The quantitative estimate of drug-likeness (QED) is 0.671. The second-order valence-electron chi connectivity index (χ2n) is 5.29. The number of benzene rings is 2. The molecule has 0 amide bonds. The molecule has 3 heteroatoms. The number of hydrogen-bond donors (Lipinski definition) is 0. The van der Waals surface area contributed by atoms with Crippen LogP contribution in [0.5, 0.6) is 0 Å². The topological polar surface area (TPSA) is 18.5 Å². The fraction of sp³-hybridized carbons (Fsp3) is 0.250. The van der Waals surface area contributed by atoms with Crippen molar-refractivity contribution in [1.82, 2.24) is 0 Å². The Hall–Kier alpha value is -1.42. The first-order chi connectivity index (χ1) is 9.16. The Morgan fingerprint density at radius 2 is 1.16 bits per heavy atom. The van der Waals surface area contributed by atoms with Gasteiger partial charge in [0, 0.05) is 0 Å². The maximum Gasteiger partial charge on any atom is 0.332 e. The average Bonchev–Trinajstić information content (AvgIpc) is 2.48. The summed E-state index contributed by atoms with van der Waals surface area (Å²) in [7, 11) is -2.04. The van der Waals surface area contributed by atoms with Crippen molar-refractivity contribution in [1.29, 1.82) is 0 Å². The Balaban J connectivity index is 2.15. The molecule has 1 aliphatic rings. The zero-order valence-corrected chi connectivity index (χ0v) is 12.3. The van der Waals surface area contributed by atoms with E-state index in [4.69, 9.17) is 8.85 Å². The van der Waals surface area contributed by atoms with Crippen LogP contribution in [-0.2, 0) is 22.1 Å². The van der Waals surface area contributed by atoms with E-state index in [9.17, 15) is 0 Å². The molecule has 0 spiro atoms. The molecule has 0 unspecified atom stereocenters. The Morgan fingerprint density at radius 3 is 1.63 bits per heavy atom. The number of rotatable bonds is 0. The van der Waals surface area contributed by atoms with E-state index in [2.05, 4.69) is 61.6 Å². The highest BCUT2D eigenvalue weighted by molar-refractivity contribution is 6.64. The molecule has 3 rings (SSSR count). The highest BCUT2D eigenvalue weighted by Crippen LogP contribution is 2.31. The van der Waals surface area contributed by atoms with Crippen molar-refractivity contribution in [2.24, 2.45) is 0 Å². The van der Waals surface area contributed by atoms with E-state index < -0.39 is 8.56 Å². The van der Waals surface area contributed by atoms with Crippen LogP contribution in [0.3, 0.4) is 0 Å². The van der Waals surface area contributed by atoms with Gasteiger partial charge in [-0.15, -0.1) is 0 Å². The van der Waals surface area contributed by atoms with Crippen LogP contribution < -0.4 is 0 Å². The van der Waals surface area contributed by atoms with E-state index in [-0.39, 0.29) is 0 Å². The molecule has 2 aromatic rings. The molecule has 2 nitrogen and oxygen atoms in total. The third-order valence-electron chi connectivity index (χ3n) is 3.48. The summed E-state index contributed by atoms with van der Waals surface area (Å²) >= 11 is 0. The van der Waals surface area contributed by atoms with Crippen LogP contribution in [0.1, 0.15) is 11.1 Å².